The standard InChI is InChI=1S/C13H8O3/c14-13-10-5-1-2-6-11(10)16-12(13)8-9-4-3-7-15-9/h1-8H. The minimum Gasteiger partial charge on any atom is -0.465 e. The molecule has 0 saturated heterocycles. The SMILES string of the molecule is O=C1C(=Cc2ccco2)Oc2ccccc21. The minimum absolute atomic E-state index is 0.105. The zero-order chi connectivity index (χ0) is 11.0. The monoisotopic (exact) mass is 212 g/mol. The molecule has 78 valence electrons. The van der Waals surface area contributed by atoms with E-state index in [2.05, 4.69) is 0 Å². The van der Waals surface area contributed by atoms with Crippen molar-refractivity contribution >= 4 is 11.9 Å². The van der Waals surface area contributed by atoms with E-state index in [0.717, 1.165) is 0 Å². The number of rotatable bonds is 1. The number of carbonyl (C=O) groups is 1. The number of allylic oxidation sites excluding steroid dienone is 1. The normalized spacial score (nSPS) is 16.2. The topological polar surface area (TPSA) is 39.4 Å². The Morgan fingerprint density at radius 2 is 1.94 bits per heavy atom. The highest BCUT2D eigenvalue weighted by Gasteiger charge is 2.26. The van der Waals surface area contributed by atoms with Gasteiger partial charge in [0.05, 0.1) is 11.8 Å². The van der Waals surface area contributed by atoms with Crippen LogP contribution in [0.4, 0.5) is 0 Å². The van der Waals surface area contributed by atoms with E-state index in [4.69, 9.17) is 9.15 Å². The molecule has 0 fully saturated rings. The van der Waals surface area contributed by atoms with Gasteiger partial charge in [-0.15, -0.1) is 0 Å². The van der Waals surface area contributed by atoms with Gasteiger partial charge in [0, 0.05) is 6.08 Å². The summed E-state index contributed by atoms with van der Waals surface area (Å²) in [5.41, 5.74) is 0.598. The molecule has 1 aromatic heterocycles. The number of ether oxygens (including phenoxy) is 1. The largest absolute Gasteiger partial charge is 0.465 e. The summed E-state index contributed by atoms with van der Waals surface area (Å²) in [6.45, 7) is 0. The van der Waals surface area contributed by atoms with Crippen LogP contribution >= 0.6 is 0 Å². The van der Waals surface area contributed by atoms with Gasteiger partial charge in [-0.2, -0.15) is 0 Å². The van der Waals surface area contributed by atoms with Crippen molar-refractivity contribution in [3.05, 3.63) is 59.7 Å². The molecule has 0 amide bonds. The van der Waals surface area contributed by atoms with Crippen LogP contribution in [0.5, 0.6) is 5.75 Å². The third-order valence-electron chi connectivity index (χ3n) is 2.39. The van der Waals surface area contributed by atoms with Crippen molar-refractivity contribution in [2.75, 3.05) is 0 Å². The number of Topliss-reactive ketones (excluding diaryl/α,β-unsaturated/α-hetero) is 1. The second kappa shape index (κ2) is 3.38. The Morgan fingerprint density at radius 1 is 1.06 bits per heavy atom. The van der Waals surface area contributed by atoms with Gasteiger partial charge in [-0.05, 0) is 24.3 Å². The molecule has 3 nitrogen and oxygen atoms in total. The van der Waals surface area contributed by atoms with E-state index in [-0.39, 0.29) is 5.78 Å². The number of fused-ring (bicyclic) bond motifs is 1. The molecule has 0 N–H and O–H groups in total. The summed E-state index contributed by atoms with van der Waals surface area (Å²) in [4.78, 5) is 11.9. The minimum atomic E-state index is -0.105. The van der Waals surface area contributed by atoms with E-state index in [9.17, 15) is 4.79 Å². The van der Waals surface area contributed by atoms with Crippen LogP contribution in [0.15, 0.2) is 52.8 Å². The van der Waals surface area contributed by atoms with Gasteiger partial charge in [-0.1, -0.05) is 12.1 Å². The summed E-state index contributed by atoms with van der Waals surface area (Å²) in [7, 11) is 0. The molecule has 0 spiro atoms. The first-order chi connectivity index (χ1) is 7.84. The smallest absolute Gasteiger partial charge is 0.232 e. The molecular formula is C13H8O3. The summed E-state index contributed by atoms with van der Waals surface area (Å²) in [6, 6.07) is 10.7. The van der Waals surface area contributed by atoms with Crippen molar-refractivity contribution in [2.45, 2.75) is 0 Å². The van der Waals surface area contributed by atoms with Crippen molar-refractivity contribution in [2.24, 2.45) is 0 Å². The Morgan fingerprint density at radius 3 is 2.69 bits per heavy atom. The van der Waals surface area contributed by atoms with E-state index in [1.54, 1.807) is 36.6 Å². The van der Waals surface area contributed by atoms with Crippen LogP contribution in [0.3, 0.4) is 0 Å². The van der Waals surface area contributed by atoms with E-state index in [1.807, 2.05) is 12.1 Å². The fraction of sp³-hybridized carbons (Fsp3) is 0. The van der Waals surface area contributed by atoms with Crippen molar-refractivity contribution in [3.8, 4) is 5.75 Å². The average Bonchev–Trinajstić information content (AvgIpc) is 2.90. The molecule has 0 radical (unpaired) electrons. The molecule has 0 unspecified atom stereocenters. The number of para-hydroxylation sites is 1. The lowest BCUT2D eigenvalue weighted by Gasteiger charge is -1.95. The number of carbonyl (C=O) groups excluding carboxylic acids is 1. The summed E-state index contributed by atoms with van der Waals surface area (Å²) in [5.74, 6) is 1.41. The molecule has 1 aliphatic rings. The molecular weight excluding hydrogens is 204 g/mol. The highest BCUT2D eigenvalue weighted by atomic mass is 16.5. The van der Waals surface area contributed by atoms with Crippen LogP contribution in [0.25, 0.3) is 6.08 Å². The van der Waals surface area contributed by atoms with Crippen LogP contribution < -0.4 is 4.74 Å². The summed E-state index contributed by atoms with van der Waals surface area (Å²) in [6.07, 6.45) is 3.15. The molecule has 3 rings (SSSR count). The first-order valence-corrected chi connectivity index (χ1v) is 4.91. The summed E-state index contributed by atoms with van der Waals surface area (Å²) < 4.78 is 10.6. The van der Waals surface area contributed by atoms with Gasteiger partial charge in [0.25, 0.3) is 0 Å². The van der Waals surface area contributed by atoms with E-state index < -0.39 is 0 Å². The molecule has 2 aromatic rings. The number of benzene rings is 1. The van der Waals surface area contributed by atoms with Gasteiger partial charge < -0.3 is 9.15 Å². The van der Waals surface area contributed by atoms with Crippen molar-refractivity contribution in [3.63, 3.8) is 0 Å². The quantitative estimate of drug-likeness (QED) is 0.682. The van der Waals surface area contributed by atoms with E-state index in [0.29, 0.717) is 22.8 Å². The van der Waals surface area contributed by atoms with Crippen molar-refractivity contribution in [1.29, 1.82) is 0 Å². The molecule has 2 heterocycles. The maximum atomic E-state index is 11.9. The van der Waals surface area contributed by atoms with Crippen LogP contribution in [0.1, 0.15) is 16.1 Å². The van der Waals surface area contributed by atoms with Gasteiger partial charge in [-0.25, -0.2) is 0 Å². The summed E-state index contributed by atoms with van der Waals surface area (Å²) in [5, 5.41) is 0. The molecule has 0 aliphatic carbocycles. The predicted molar refractivity (Wildman–Crippen MR) is 58.1 cm³/mol. The molecule has 1 aliphatic heterocycles. The maximum absolute atomic E-state index is 11.9. The Balaban J connectivity index is 2.02. The first-order valence-electron chi connectivity index (χ1n) is 4.91. The molecule has 0 saturated carbocycles. The highest BCUT2D eigenvalue weighted by Crippen LogP contribution is 2.31. The van der Waals surface area contributed by atoms with Gasteiger partial charge in [-0.3, -0.25) is 4.79 Å². The zero-order valence-corrected chi connectivity index (χ0v) is 8.34. The van der Waals surface area contributed by atoms with Gasteiger partial charge in [0.15, 0.2) is 5.76 Å². The molecule has 1 aromatic carbocycles. The van der Waals surface area contributed by atoms with Gasteiger partial charge >= 0.3 is 0 Å². The predicted octanol–water partition coefficient (Wildman–Crippen LogP) is 2.90. The van der Waals surface area contributed by atoms with Crippen LogP contribution in [0.2, 0.25) is 0 Å². The van der Waals surface area contributed by atoms with E-state index >= 15 is 0 Å². The molecule has 0 atom stereocenters. The second-order valence-electron chi connectivity index (χ2n) is 3.45. The molecule has 16 heavy (non-hydrogen) atoms. The first kappa shape index (κ1) is 8.97. The maximum Gasteiger partial charge on any atom is 0.232 e. The Bertz CT molecular complexity index is 565. The second-order valence-corrected chi connectivity index (χ2v) is 3.45. The Hall–Kier alpha value is -2.29. The summed E-state index contributed by atoms with van der Waals surface area (Å²) >= 11 is 0. The fourth-order valence-electron chi connectivity index (χ4n) is 1.64. The van der Waals surface area contributed by atoms with Gasteiger partial charge in [0.2, 0.25) is 5.78 Å². The molecule has 3 heteroatoms. The van der Waals surface area contributed by atoms with Crippen molar-refractivity contribution in [1.82, 2.24) is 0 Å². The number of furan rings is 1. The van der Waals surface area contributed by atoms with Crippen LogP contribution in [0, 0.1) is 0 Å². The lowest BCUT2D eigenvalue weighted by molar-refractivity contribution is 0.101. The number of hydrogen-bond donors (Lipinski definition) is 0. The lowest BCUT2D eigenvalue weighted by Crippen LogP contribution is -1.97. The van der Waals surface area contributed by atoms with Crippen LogP contribution in [-0.2, 0) is 0 Å². The van der Waals surface area contributed by atoms with Crippen molar-refractivity contribution < 1.29 is 13.9 Å². The highest BCUT2D eigenvalue weighted by molar-refractivity contribution is 6.14. The van der Waals surface area contributed by atoms with E-state index in [1.165, 1.54) is 0 Å². The number of ketones is 1. The number of hydrogen-bond acceptors (Lipinski definition) is 3. The van der Waals surface area contributed by atoms with Gasteiger partial charge in [0.1, 0.15) is 11.5 Å². The Kier molecular flexibility index (Phi) is 1.90. The Labute approximate surface area is 92.0 Å². The fourth-order valence-corrected chi connectivity index (χ4v) is 1.64. The lowest BCUT2D eigenvalue weighted by atomic mass is 10.1. The third kappa shape index (κ3) is 1.34. The van der Waals surface area contributed by atoms with Crippen LogP contribution in [-0.4, -0.2) is 5.78 Å². The average molecular weight is 212 g/mol. The molecule has 0 bridgehead atoms. The zero-order valence-electron chi connectivity index (χ0n) is 8.34. The third-order valence-corrected chi connectivity index (χ3v) is 2.39.